The second kappa shape index (κ2) is 7.60. The molecule has 1 unspecified atom stereocenters. The van der Waals surface area contributed by atoms with E-state index in [1.54, 1.807) is 39.0 Å². The van der Waals surface area contributed by atoms with E-state index >= 15 is 0 Å². The second-order valence-electron chi connectivity index (χ2n) is 8.18. The number of rotatable bonds is 3. The molecule has 4 heteroatoms. The van der Waals surface area contributed by atoms with E-state index in [4.69, 9.17) is 0 Å². The van der Waals surface area contributed by atoms with Crippen molar-refractivity contribution in [1.29, 1.82) is 0 Å². The molecule has 0 aromatic heterocycles. The van der Waals surface area contributed by atoms with Crippen LogP contribution in [0.1, 0.15) is 52.3 Å². The number of fused-ring (bicyclic) bond motifs is 5. The van der Waals surface area contributed by atoms with Crippen molar-refractivity contribution in [2.75, 3.05) is 0 Å². The summed E-state index contributed by atoms with van der Waals surface area (Å²) in [7, 11) is -1.38. The number of halogens is 2. The summed E-state index contributed by atoms with van der Waals surface area (Å²) in [5.74, 6) is 0. The van der Waals surface area contributed by atoms with Crippen LogP contribution in [0.3, 0.4) is 0 Å². The molecule has 0 N–H and O–H groups in total. The van der Waals surface area contributed by atoms with Crippen LogP contribution in [-0.2, 0) is 20.4 Å². The Hall–Kier alpha value is -0.569. The zero-order chi connectivity index (χ0) is 18.2. The van der Waals surface area contributed by atoms with Gasteiger partial charge in [0, 0.05) is 0 Å². The monoisotopic (exact) mass is 459 g/mol. The number of aryl methyl sites for hydroxylation is 1. The summed E-state index contributed by atoms with van der Waals surface area (Å²) in [5, 5.41) is 3.63. The molecule has 5 rings (SSSR count). The minimum absolute atomic E-state index is 0. The number of hydrogen-bond donors (Lipinski definition) is 0. The maximum absolute atomic E-state index is 2.44. The van der Waals surface area contributed by atoms with Gasteiger partial charge in [-0.25, -0.2) is 0 Å². The molecule has 1 aliphatic heterocycles. The van der Waals surface area contributed by atoms with Gasteiger partial charge in [-0.15, -0.1) is 0 Å². The average molecular weight is 460 g/mol. The van der Waals surface area contributed by atoms with Gasteiger partial charge in [0.15, 0.2) is 0 Å². The molecule has 0 amide bonds. The van der Waals surface area contributed by atoms with Crippen LogP contribution in [0, 0.1) is 13.8 Å². The Morgan fingerprint density at radius 2 is 1.75 bits per heavy atom. The molecule has 0 radical (unpaired) electrons. The molecular weight excluding hydrogens is 435 g/mol. The van der Waals surface area contributed by atoms with Crippen LogP contribution in [0.2, 0.25) is 12.1 Å². The van der Waals surface area contributed by atoms with Crippen molar-refractivity contribution in [2.45, 2.75) is 50.4 Å². The Kier molecular flexibility index (Phi) is 6.00. The second-order valence-corrected chi connectivity index (χ2v) is 13.7. The first-order chi connectivity index (χ1) is 12.5. The van der Waals surface area contributed by atoms with Gasteiger partial charge in [-0.2, -0.15) is 0 Å². The molecule has 0 fully saturated rings. The Morgan fingerprint density at radius 1 is 1.04 bits per heavy atom. The van der Waals surface area contributed by atoms with Gasteiger partial charge in [-0.05, 0) is 0 Å². The van der Waals surface area contributed by atoms with Crippen molar-refractivity contribution in [3.8, 4) is 11.1 Å². The van der Waals surface area contributed by atoms with Gasteiger partial charge in [-0.1, -0.05) is 0 Å². The third-order valence-electron chi connectivity index (χ3n) is 7.06. The molecule has 0 nitrogen and oxygen atoms in total. The van der Waals surface area contributed by atoms with Crippen LogP contribution in [0.4, 0.5) is 0 Å². The third-order valence-corrected chi connectivity index (χ3v) is 13.2. The third kappa shape index (κ3) is 2.67. The summed E-state index contributed by atoms with van der Waals surface area (Å²) in [6.45, 7) is 9.53. The van der Waals surface area contributed by atoms with Crippen molar-refractivity contribution < 1.29 is 45.2 Å². The summed E-state index contributed by atoms with van der Waals surface area (Å²) in [6.07, 6.45) is 8.02. The summed E-state index contributed by atoms with van der Waals surface area (Å²) < 4.78 is 0.515. The predicted octanol–water partition coefficient (Wildman–Crippen LogP) is -0.812. The van der Waals surface area contributed by atoms with Gasteiger partial charge in [0.1, 0.15) is 0 Å². The molecule has 2 aromatic carbocycles. The molecule has 1 heterocycles. The van der Waals surface area contributed by atoms with E-state index in [0.717, 1.165) is 6.42 Å². The molecule has 1 atom stereocenters. The molecule has 143 valence electrons. The van der Waals surface area contributed by atoms with E-state index in [2.05, 4.69) is 84.6 Å². The summed E-state index contributed by atoms with van der Waals surface area (Å²) in [5.41, 5.74) is 12.6. The maximum Gasteiger partial charge on any atom is -1.00 e. The van der Waals surface area contributed by atoms with Crippen molar-refractivity contribution in [3.05, 3.63) is 64.2 Å². The van der Waals surface area contributed by atoms with E-state index in [0.29, 0.717) is 4.22 Å². The number of benzene rings is 2. The summed E-state index contributed by atoms with van der Waals surface area (Å²) >= 11 is 2.44. The van der Waals surface area contributed by atoms with E-state index in [1.807, 2.05) is 10.4 Å². The van der Waals surface area contributed by atoms with Gasteiger partial charge in [0.25, 0.3) is 0 Å². The van der Waals surface area contributed by atoms with Crippen molar-refractivity contribution in [3.63, 3.8) is 0 Å². The fraction of sp³-hybridized carbons (Fsp3) is 0.333. The first-order valence-electron chi connectivity index (χ1n) is 9.94. The molecule has 0 spiro atoms. The van der Waals surface area contributed by atoms with Gasteiger partial charge < -0.3 is 24.8 Å². The van der Waals surface area contributed by atoms with Gasteiger partial charge in [0.05, 0.1) is 0 Å². The predicted molar refractivity (Wildman–Crippen MR) is 111 cm³/mol. The van der Waals surface area contributed by atoms with Crippen LogP contribution >= 0.6 is 0 Å². The minimum atomic E-state index is -1.38. The van der Waals surface area contributed by atoms with E-state index in [1.165, 1.54) is 17.7 Å². The topological polar surface area (TPSA) is 0 Å². The summed E-state index contributed by atoms with van der Waals surface area (Å²) in [4.78, 5) is 0. The minimum Gasteiger partial charge on any atom is -1.00 e. The fourth-order valence-electron chi connectivity index (χ4n) is 5.73. The standard InChI is InChI=1S/C24H25Si.2ClH.Ti/c1-5-25(6-2)23-16(4)21(17-9-7-8-10-17)20-14-18-13-15(3)11-12-19(18)22(20)24(23)25;;;/h7-9,11-14H,5-6,10H2,1-4H3;2*1H;/q;;;+2/p-2. The molecule has 2 aromatic rings. The molecule has 28 heavy (non-hydrogen) atoms. The molecule has 3 aliphatic rings. The largest absolute Gasteiger partial charge is 1.00 e. The van der Waals surface area contributed by atoms with Gasteiger partial charge in [0.2, 0.25) is 0 Å². The van der Waals surface area contributed by atoms with Gasteiger partial charge >= 0.3 is 170 Å². The number of hydrogen-bond acceptors (Lipinski definition) is 0. The maximum atomic E-state index is 2.44. The zero-order valence-corrected chi connectivity index (χ0v) is 21.0. The molecule has 0 saturated heterocycles. The van der Waals surface area contributed by atoms with Crippen molar-refractivity contribution in [2.24, 2.45) is 0 Å². The SMILES string of the molecule is CC[Si]1(CC)c2c(C)c(C3=CC=CC3)c3c(c21)-c1ccc(C)cc1[CH]3[Ti+2].[Cl-].[Cl-]. The average Bonchev–Trinajstić information content (AvgIpc) is 2.91. The van der Waals surface area contributed by atoms with Crippen LogP contribution in [0.25, 0.3) is 16.7 Å². The van der Waals surface area contributed by atoms with Crippen LogP contribution in [0.5, 0.6) is 0 Å². The normalized spacial score (nSPS) is 19.2. The molecular formula is C24H25Cl2SiTi. The van der Waals surface area contributed by atoms with E-state index in [9.17, 15) is 0 Å². The van der Waals surface area contributed by atoms with E-state index in [-0.39, 0.29) is 24.8 Å². The fourth-order valence-corrected chi connectivity index (χ4v) is 11.6. The Morgan fingerprint density at radius 3 is 2.36 bits per heavy atom. The summed E-state index contributed by atoms with van der Waals surface area (Å²) in [6, 6.07) is 9.89. The Balaban J connectivity index is 0.00000112. The van der Waals surface area contributed by atoms with Crippen LogP contribution < -0.4 is 35.2 Å². The Bertz CT molecular complexity index is 1030. The van der Waals surface area contributed by atoms with Crippen molar-refractivity contribution in [1.82, 2.24) is 0 Å². The molecule has 0 bridgehead atoms. The Labute approximate surface area is 194 Å². The van der Waals surface area contributed by atoms with Crippen molar-refractivity contribution >= 4 is 24.0 Å². The smallest absolute Gasteiger partial charge is 1.00 e. The number of allylic oxidation sites excluding steroid dienone is 4. The quantitative estimate of drug-likeness (QED) is 0.526. The first-order valence-corrected chi connectivity index (χ1v) is 13.3. The van der Waals surface area contributed by atoms with E-state index < -0.39 is 8.07 Å². The first kappa shape index (κ1) is 22.1. The molecule has 0 saturated carbocycles. The van der Waals surface area contributed by atoms with Gasteiger partial charge in [-0.3, -0.25) is 0 Å². The van der Waals surface area contributed by atoms with Crippen LogP contribution in [0.15, 0.2) is 36.4 Å². The molecule has 2 aliphatic carbocycles. The van der Waals surface area contributed by atoms with Crippen LogP contribution in [-0.4, -0.2) is 8.07 Å². The zero-order valence-electron chi connectivity index (χ0n) is 16.9.